The maximum absolute atomic E-state index is 11.2. The highest BCUT2D eigenvalue weighted by Gasteiger charge is 2.14. The van der Waals surface area contributed by atoms with Gasteiger partial charge in [0.25, 0.3) is 0 Å². The first-order valence-electron chi connectivity index (χ1n) is 4.03. The lowest BCUT2D eigenvalue weighted by Crippen LogP contribution is -2.23. The Morgan fingerprint density at radius 1 is 1.64 bits per heavy atom. The molecule has 0 aliphatic rings. The quantitative estimate of drug-likeness (QED) is 0.866. The summed E-state index contributed by atoms with van der Waals surface area (Å²) in [6.45, 7) is 0. The molecule has 1 unspecified atom stereocenters. The number of thiophene rings is 1. The normalized spacial score (nSPS) is 11.6. The van der Waals surface area contributed by atoms with Gasteiger partial charge in [-0.15, -0.1) is 23.7 Å². The number of amides is 1. The first-order chi connectivity index (χ1) is 6.11. The zero-order chi connectivity index (χ0) is 9.84. The first-order valence-corrected chi connectivity index (χ1v) is 4.91. The van der Waals surface area contributed by atoms with Crippen LogP contribution >= 0.6 is 23.7 Å². The Hall–Kier alpha value is -0.580. The Bertz CT molecular complexity index is 274. The van der Waals surface area contributed by atoms with E-state index in [1.807, 2.05) is 17.5 Å². The number of aliphatic hydroxyl groups is 1. The van der Waals surface area contributed by atoms with Crippen molar-refractivity contribution in [3.8, 4) is 0 Å². The van der Waals surface area contributed by atoms with Gasteiger partial charge in [0.05, 0.1) is 12.5 Å². The predicted molar refractivity (Wildman–Crippen MR) is 59.8 cm³/mol. The van der Waals surface area contributed by atoms with E-state index in [-0.39, 0.29) is 24.7 Å². The third kappa shape index (κ3) is 3.65. The summed E-state index contributed by atoms with van der Waals surface area (Å²) in [5.41, 5.74) is 0. The van der Waals surface area contributed by atoms with E-state index in [1.165, 1.54) is 16.2 Å². The average molecular weight is 236 g/mol. The highest BCUT2D eigenvalue weighted by molar-refractivity contribution is 7.10. The molecule has 1 aromatic heterocycles. The first kappa shape index (κ1) is 13.4. The molecular weight excluding hydrogens is 222 g/mol. The smallest absolute Gasteiger partial charge is 0.225 e. The van der Waals surface area contributed by atoms with Gasteiger partial charge in [-0.1, -0.05) is 6.07 Å². The highest BCUT2D eigenvalue weighted by Crippen LogP contribution is 2.21. The number of halogens is 1. The fraction of sp³-hybridized carbons (Fsp3) is 0.444. The minimum absolute atomic E-state index is 0. The van der Waals surface area contributed by atoms with Gasteiger partial charge in [0.15, 0.2) is 0 Å². The maximum atomic E-state index is 11.2. The summed E-state index contributed by atoms with van der Waals surface area (Å²) in [4.78, 5) is 13.5. The SMILES string of the molecule is CN(C)C(=O)CC(O)c1cccs1.Cl. The van der Waals surface area contributed by atoms with Crippen molar-refractivity contribution in [3.63, 3.8) is 0 Å². The number of rotatable bonds is 3. The van der Waals surface area contributed by atoms with Gasteiger partial charge >= 0.3 is 0 Å². The van der Waals surface area contributed by atoms with Crippen LogP contribution in [0.4, 0.5) is 0 Å². The van der Waals surface area contributed by atoms with E-state index in [4.69, 9.17) is 0 Å². The van der Waals surface area contributed by atoms with E-state index in [2.05, 4.69) is 0 Å². The van der Waals surface area contributed by atoms with Gasteiger partial charge in [0.1, 0.15) is 0 Å². The van der Waals surface area contributed by atoms with Crippen molar-refractivity contribution >= 4 is 29.7 Å². The molecule has 5 heteroatoms. The molecule has 1 aromatic rings. The van der Waals surface area contributed by atoms with Crippen LogP contribution in [0.25, 0.3) is 0 Å². The van der Waals surface area contributed by atoms with Crippen LogP contribution < -0.4 is 0 Å². The summed E-state index contributed by atoms with van der Waals surface area (Å²) in [6.07, 6.45) is -0.497. The van der Waals surface area contributed by atoms with Crippen molar-refractivity contribution in [1.29, 1.82) is 0 Å². The van der Waals surface area contributed by atoms with Gasteiger partial charge in [-0.2, -0.15) is 0 Å². The second kappa shape index (κ2) is 6.01. The van der Waals surface area contributed by atoms with Crippen LogP contribution in [-0.2, 0) is 4.79 Å². The van der Waals surface area contributed by atoms with Crippen molar-refractivity contribution in [2.24, 2.45) is 0 Å². The van der Waals surface area contributed by atoms with Crippen LogP contribution in [0.3, 0.4) is 0 Å². The van der Waals surface area contributed by atoms with E-state index < -0.39 is 6.10 Å². The fourth-order valence-electron chi connectivity index (χ4n) is 0.929. The molecule has 0 saturated carbocycles. The Morgan fingerprint density at radius 3 is 2.71 bits per heavy atom. The number of nitrogens with zero attached hydrogens (tertiary/aromatic N) is 1. The number of carbonyl (C=O) groups is 1. The number of carbonyl (C=O) groups excluding carboxylic acids is 1. The van der Waals surface area contributed by atoms with Crippen LogP contribution in [0.5, 0.6) is 0 Å². The van der Waals surface area contributed by atoms with E-state index in [1.54, 1.807) is 14.1 Å². The topological polar surface area (TPSA) is 40.5 Å². The van der Waals surface area contributed by atoms with Crippen molar-refractivity contribution in [2.45, 2.75) is 12.5 Å². The number of aliphatic hydroxyl groups excluding tert-OH is 1. The largest absolute Gasteiger partial charge is 0.387 e. The number of hydrogen-bond donors (Lipinski definition) is 1. The van der Waals surface area contributed by atoms with Crippen LogP contribution in [0.1, 0.15) is 17.4 Å². The lowest BCUT2D eigenvalue weighted by Gasteiger charge is -2.12. The second-order valence-electron chi connectivity index (χ2n) is 3.02. The van der Waals surface area contributed by atoms with Gasteiger partial charge in [0, 0.05) is 19.0 Å². The van der Waals surface area contributed by atoms with Crippen molar-refractivity contribution in [1.82, 2.24) is 4.90 Å². The molecule has 0 bridgehead atoms. The molecule has 1 amide bonds. The third-order valence-electron chi connectivity index (χ3n) is 1.74. The maximum Gasteiger partial charge on any atom is 0.225 e. The Labute approximate surface area is 93.8 Å². The molecule has 1 heterocycles. The summed E-state index contributed by atoms with van der Waals surface area (Å²) in [5.74, 6) is -0.0547. The van der Waals surface area contributed by atoms with Crippen LogP contribution in [0, 0.1) is 0 Å². The van der Waals surface area contributed by atoms with Crippen molar-refractivity contribution in [3.05, 3.63) is 22.4 Å². The third-order valence-corrected chi connectivity index (χ3v) is 2.71. The molecule has 0 aliphatic carbocycles. The monoisotopic (exact) mass is 235 g/mol. The lowest BCUT2D eigenvalue weighted by molar-refractivity contribution is -0.130. The summed E-state index contributed by atoms with van der Waals surface area (Å²) in [5, 5.41) is 11.5. The van der Waals surface area contributed by atoms with E-state index in [0.29, 0.717) is 0 Å². The summed E-state index contributed by atoms with van der Waals surface area (Å²) in [6, 6.07) is 3.70. The fourth-order valence-corrected chi connectivity index (χ4v) is 1.64. The van der Waals surface area contributed by atoms with Gasteiger partial charge < -0.3 is 10.0 Å². The minimum atomic E-state index is -0.658. The number of hydrogen-bond acceptors (Lipinski definition) is 3. The van der Waals surface area contributed by atoms with Gasteiger partial charge in [-0.25, -0.2) is 0 Å². The van der Waals surface area contributed by atoms with Crippen LogP contribution in [0.15, 0.2) is 17.5 Å². The molecule has 0 aromatic carbocycles. The van der Waals surface area contributed by atoms with E-state index in [9.17, 15) is 9.90 Å². The zero-order valence-corrected chi connectivity index (χ0v) is 9.77. The lowest BCUT2D eigenvalue weighted by atomic mass is 10.2. The molecule has 0 saturated heterocycles. The Kier molecular flexibility index (Phi) is 5.76. The molecule has 80 valence electrons. The average Bonchev–Trinajstić information content (AvgIpc) is 2.55. The Morgan fingerprint density at radius 2 is 2.29 bits per heavy atom. The molecule has 0 aliphatic heterocycles. The molecule has 1 N–H and O–H groups in total. The van der Waals surface area contributed by atoms with Gasteiger partial charge in [-0.05, 0) is 11.4 Å². The highest BCUT2D eigenvalue weighted by atomic mass is 35.5. The minimum Gasteiger partial charge on any atom is -0.387 e. The molecule has 1 rings (SSSR count). The van der Waals surface area contributed by atoms with E-state index in [0.717, 1.165) is 4.88 Å². The molecular formula is C9H14ClNO2S. The summed E-state index contributed by atoms with van der Waals surface area (Å²) < 4.78 is 0. The van der Waals surface area contributed by atoms with Crippen molar-refractivity contribution < 1.29 is 9.90 Å². The van der Waals surface area contributed by atoms with Crippen LogP contribution in [0.2, 0.25) is 0 Å². The zero-order valence-electron chi connectivity index (χ0n) is 8.14. The standard InChI is InChI=1S/C9H13NO2S.ClH/c1-10(2)9(12)6-7(11)8-4-3-5-13-8;/h3-5,7,11H,6H2,1-2H3;1H. The van der Waals surface area contributed by atoms with Gasteiger partial charge in [0.2, 0.25) is 5.91 Å². The molecule has 1 atom stereocenters. The van der Waals surface area contributed by atoms with Crippen LogP contribution in [-0.4, -0.2) is 30.0 Å². The van der Waals surface area contributed by atoms with Gasteiger partial charge in [-0.3, -0.25) is 4.79 Å². The molecule has 0 fully saturated rings. The molecule has 14 heavy (non-hydrogen) atoms. The second-order valence-corrected chi connectivity index (χ2v) is 4.00. The summed E-state index contributed by atoms with van der Waals surface area (Å²) in [7, 11) is 3.37. The van der Waals surface area contributed by atoms with E-state index >= 15 is 0 Å². The molecule has 0 spiro atoms. The molecule has 0 radical (unpaired) electrons. The molecule has 3 nitrogen and oxygen atoms in total. The predicted octanol–water partition coefficient (Wildman–Crippen LogP) is 1.68. The summed E-state index contributed by atoms with van der Waals surface area (Å²) >= 11 is 1.46. The Balaban J connectivity index is 0.00000169. The van der Waals surface area contributed by atoms with Crippen molar-refractivity contribution in [2.75, 3.05) is 14.1 Å².